The van der Waals surface area contributed by atoms with Crippen LogP contribution in [0.1, 0.15) is 13.3 Å². The number of hydrogen-bond donors (Lipinski definition) is 3. The summed E-state index contributed by atoms with van der Waals surface area (Å²) < 4.78 is 26.3. The average Bonchev–Trinajstić information content (AvgIpc) is 2.36. The van der Waals surface area contributed by atoms with Gasteiger partial charge in [0, 0.05) is 12.6 Å². The van der Waals surface area contributed by atoms with E-state index in [1.54, 1.807) is 19.1 Å². The third-order valence-electron chi connectivity index (χ3n) is 2.17. The molecule has 0 saturated heterocycles. The summed E-state index contributed by atoms with van der Waals surface area (Å²) in [6.07, 6.45) is 0.0850. The molecule has 7 nitrogen and oxygen atoms in total. The molecule has 0 amide bonds. The lowest BCUT2D eigenvalue weighted by molar-refractivity contribution is 0.311. The van der Waals surface area contributed by atoms with Crippen molar-refractivity contribution in [3.8, 4) is 6.07 Å². The number of aliphatic hydroxyl groups excluding tert-OH is 1. The van der Waals surface area contributed by atoms with Crippen LogP contribution < -0.4 is 10.0 Å². The Hall–Kier alpha value is -1.69. The van der Waals surface area contributed by atoms with Crippen molar-refractivity contribution in [2.45, 2.75) is 24.4 Å². The Bertz CT molecular complexity index is 553. The lowest BCUT2D eigenvalue weighted by Gasteiger charge is -2.11. The highest BCUT2D eigenvalue weighted by Gasteiger charge is 2.18. The number of nitrogens with one attached hydrogen (secondary N) is 2. The Morgan fingerprint density at radius 1 is 1.53 bits per heavy atom. The van der Waals surface area contributed by atoms with Gasteiger partial charge in [0.05, 0.1) is 19.1 Å². The molecule has 0 spiro atoms. The molecule has 0 fully saturated rings. The summed E-state index contributed by atoms with van der Waals surface area (Å²) >= 11 is 0. The molecule has 0 aliphatic carbocycles. The molecule has 8 heteroatoms. The van der Waals surface area contributed by atoms with Gasteiger partial charge >= 0.3 is 0 Å². The van der Waals surface area contributed by atoms with Crippen LogP contribution in [0.5, 0.6) is 0 Å². The zero-order chi connectivity index (χ0) is 14.3. The molecule has 0 aliphatic rings. The van der Waals surface area contributed by atoms with E-state index in [4.69, 9.17) is 10.4 Å². The molecule has 0 saturated carbocycles. The van der Waals surface area contributed by atoms with E-state index >= 15 is 0 Å². The Morgan fingerprint density at radius 3 is 2.89 bits per heavy atom. The van der Waals surface area contributed by atoms with E-state index in [1.165, 1.54) is 6.07 Å². The van der Waals surface area contributed by atoms with Crippen molar-refractivity contribution in [1.29, 1.82) is 5.26 Å². The summed E-state index contributed by atoms with van der Waals surface area (Å²) in [5.74, 6) is 0.366. The molecule has 104 valence electrons. The predicted molar refractivity (Wildman–Crippen MR) is 69.8 cm³/mol. The zero-order valence-electron chi connectivity index (χ0n) is 10.5. The van der Waals surface area contributed by atoms with Gasteiger partial charge in [0.15, 0.2) is 5.03 Å². The number of pyridine rings is 1. The quantitative estimate of drug-likeness (QED) is 0.652. The van der Waals surface area contributed by atoms with Crippen LogP contribution in [0, 0.1) is 11.3 Å². The van der Waals surface area contributed by atoms with Crippen LogP contribution >= 0.6 is 0 Å². The second-order valence-corrected chi connectivity index (χ2v) is 5.56. The fourth-order valence-corrected chi connectivity index (χ4v) is 2.56. The van der Waals surface area contributed by atoms with Crippen molar-refractivity contribution in [3.05, 3.63) is 18.2 Å². The van der Waals surface area contributed by atoms with Gasteiger partial charge in [0.25, 0.3) is 10.0 Å². The number of nitriles is 1. The van der Waals surface area contributed by atoms with Crippen molar-refractivity contribution in [2.24, 2.45) is 0 Å². The van der Waals surface area contributed by atoms with Crippen LogP contribution in [0.25, 0.3) is 0 Å². The van der Waals surface area contributed by atoms with Gasteiger partial charge in [-0.3, -0.25) is 0 Å². The third kappa shape index (κ3) is 4.82. The van der Waals surface area contributed by atoms with Gasteiger partial charge in [0.1, 0.15) is 5.82 Å². The fraction of sp³-hybridized carbons (Fsp3) is 0.455. The summed E-state index contributed by atoms with van der Waals surface area (Å²) in [6.45, 7) is 1.82. The Kier molecular flexibility index (Phi) is 5.69. The molecule has 0 radical (unpaired) electrons. The molecular weight excluding hydrogens is 268 g/mol. The highest BCUT2D eigenvalue weighted by Crippen LogP contribution is 2.10. The lowest BCUT2D eigenvalue weighted by Crippen LogP contribution is -2.32. The van der Waals surface area contributed by atoms with Crippen LogP contribution in [-0.2, 0) is 10.0 Å². The van der Waals surface area contributed by atoms with Gasteiger partial charge in [-0.2, -0.15) is 5.26 Å². The highest BCUT2D eigenvalue weighted by molar-refractivity contribution is 7.89. The minimum Gasteiger partial charge on any atom is -0.395 e. The van der Waals surface area contributed by atoms with Crippen molar-refractivity contribution < 1.29 is 13.5 Å². The molecule has 1 rings (SSSR count). The van der Waals surface area contributed by atoms with E-state index < -0.39 is 16.1 Å². The summed E-state index contributed by atoms with van der Waals surface area (Å²) in [5, 5.41) is 19.8. The molecule has 1 atom stereocenters. The second-order valence-electron chi connectivity index (χ2n) is 3.90. The largest absolute Gasteiger partial charge is 0.395 e. The number of sulfonamides is 1. The molecule has 3 N–H and O–H groups in total. The zero-order valence-corrected chi connectivity index (χ0v) is 11.3. The van der Waals surface area contributed by atoms with Crippen molar-refractivity contribution in [2.75, 3.05) is 18.5 Å². The summed E-state index contributed by atoms with van der Waals surface area (Å²) in [6, 6.07) is 5.94. The number of hydrogen-bond acceptors (Lipinski definition) is 6. The van der Waals surface area contributed by atoms with Crippen molar-refractivity contribution in [1.82, 2.24) is 9.71 Å². The third-order valence-corrected chi connectivity index (χ3v) is 3.66. The summed E-state index contributed by atoms with van der Waals surface area (Å²) in [4.78, 5) is 3.94. The Morgan fingerprint density at radius 2 is 2.26 bits per heavy atom. The minimum absolute atomic E-state index is 0.0733. The maximum absolute atomic E-state index is 12.0. The van der Waals surface area contributed by atoms with Crippen LogP contribution in [0.4, 0.5) is 5.82 Å². The Balaban J connectivity index is 2.86. The van der Waals surface area contributed by atoms with Crippen molar-refractivity contribution in [3.63, 3.8) is 0 Å². The SMILES string of the molecule is CC(CC#N)NS(=O)(=O)c1cccc(NCCO)n1. The maximum atomic E-state index is 12.0. The molecular formula is C11H16N4O3S. The van der Waals surface area contributed by atoms with Crippen LogP contribution in [0.3, 0.4) is 0 Å². The summed E-state index contributed by atoms with van der Waals surface area (Å²) in [5.41, 5.74) is 0. The molecule has 1 aromatic heterocycles. The molecule has 0 bridgehead atoms. The number of rotatable bonds is 7. The molecule has 1 aromatic rings. The van der Waals surface area contributed by atoms with E-state index in [0.717, 1.165) is 0 Å². The molecule has 0 aliphatic heterocycles. The van der Waals surface area contributed by atoms with E-state index in [9.17, 15) is 8.42 Å². The number of aromatic nitrogens is 1. The first kappa shape index (κ1) is 15.4. The van der Waals surface area contributed by atoms with Gasteiger partial charge < -0.3 is 10.4 Å². The first-order valence-corrected chi connectivity index (χ1v) is 7.19. The monoisotopic (exact) mass is 284 g/mol. The van der Waals surface area contributed by atoms with E-state index in [-0.39, 0.29) is 24.6 Å². The smallest absolute Gasteiger partial charge is 0.258 e. The molecule has 1 unspecified atom stereocenters. The molecule has 19 heavy (non-hydrogen) atoms. The van der Waals surface area contributed by atoms with Crippen LogP contribution in [-0.4, -0.2) is 37.7 Å². The Labute approximate surface area is 112 Å². The van der Waals surface area contributed by atoms with E-state index in [2.05, 4.69) is 15.0 Å². The predicted octanol–water partition coefficient (Wildman–Crippen LogP) is 0.0663. The topological polar surface area (TPSA) is 115 Å². The molecule has 1 heterocycles. The van der Waals surface area contributed by atoms with Gasteiger partial charge in [-0.15, -0.1) is 0 Å². The fourth-order valence-electron chi connectivity index (χ4n) is 1.35. The highest BCUT2D eigenvalue weighted by atomic mass is 32.2. The number of anilines is 1. The normalized spacial score (nSPS) is 12.7. The first-order chi connectivity index (χ1) is 8.99. The van der Waals surface area contributed by atoms with E-state index in [1.807, 2.05) is 6.07 Å². The van der Waals surface area contributed by atoms with E-state index in [0.29, 0.717) is 5.82 Å². The second kappa shape index (κ2) is 7.04. The average molecular weight is 284 g/mol. The minimum atomic E-state index is -3.74. The summed E-state index contributed by atoms with van der Waals surface area (Å²) in [7, 11) is -3.74. The van der Waals surface area contributed by atoms with Crippen molar-refractivity contribution >= 4 is 15.8 Å². The van der Waals surface area contributed by atoms with Crippen LogP contribution in [0.2, 0.25) is 0 Å². The maximum Gasteiger partial charge on any atom is 0.258 e. The molecule has 0 aromatic carbocycles. The van der Waals surface area contributed by atoms with Crippen LogP contribution in [0.15, 0.2) is 23.2 Å². The van der Waals surface area contributed by atoms with Gasteiger partial charge in [0.2, 0.25) is 0 Å². The first-order valence-electron chi connectivity index (χ1n) is 5.70. The lowest BCUT2D eigenvalue weighted by atomic mass is 10.3. The van der Waals surface area contributed by atoms with Gasteiger partial charge in [-0.25, -0.2) is 18.1 Å². The van der Waals surface area contributed by atoms with Gasteiger partial charge in [-0.05, 0) is 19.1 Å². The number of nitrogens with zero attached hydrogens (tertiary/aromatic N) is 2. The standard InChI is InChI=1S/C11H16N4O3S/c1-9(5-6-12)15-19(17,18)11-4-2-3-10(14-11)13-7-8-16/h2-4,9,15-16H,5,7-8H2,1H3,(H,13,14). The van der Waals surface area contributed by atoms with Gasteiger partial charge in [-0.1, -0.05) is 6.07 Å². The number of aliphatic hydroxyl groups is 1.